The lowest BCUT2D eigenvalue weighted by Crippen LogP contribution is -2.32. The quantitative estimate of drug-likeness (QED) is 0.173. The Bertz CT molecular complexity index is 3130. The van der Waals surface area contributed by atoms with Gasteiger partial charge >= 0.3 is 0 Å². The molecule has 2 aliphatic carbocycles. The molecule has 0 fully saturated rings. The van der Waals surface area contributed by atoms with Gasteiger partial charge in [0.25, 0.3) is 0 Å². The van der Waals surface area contributed by atoms with Gasteiger partial charge in [0.1, 0.15) is 11.5 Å². The molecule has 0 unspecified atom stereocenters. The third-order valence-electron chi connectivity index (χ3n) is 13.4. The van der Waals surface area contributed by atoms with Gasteiger partial charge in [0.2, 0.25) is 0 Å². The van der Waals surface area contributed by atoms with Crippen LogP contribution in [0, 0.1) is 0 Å². The average Bonchev–Trinajstić information content (AvgIpc) is 3.72. The van der Waals surface area contributed by atoms with Gasteiger partial charge in [-0.05, 0) is 98.1 Å². The summed E-state index contributed by atoms with van der Waals surface area (Å²) in [6.07, 6.45) is 0. The normalized spacial score (nSPS) is 14.2. The average molecular weight is 768 g/mol. The van der Waals surface area contributed by atoms with Gasteiger partial charge in [-0.1, -0.05) is 184 Å². The molecule has 0 N–H and O–H groups in total. The largest absolute Gasteiger partial charge is 0.457 e. The molecular formula is C58H41NO. The van der Waals surface area contributed by atoms with E-state index in [0.29, 0.717) is 0 Å². The van der Waals surface area contributed by atoms with Gasteiger partial charge in [0.15, 0.2) is 0 Å². The first kappa shape index (κ1) is 34.6. The van der Waals surface area contributed by atoms with Crippen LogP contribution in [0.15, 0.2) is 212 Å². The van der Waals surface area contributed by atoms with Gasteiger partial charge in [0, 0.05) is 33.4 Å². The second-order valence-electron chi connectivity index (χ2n) is 16.8. The highest BCUT2D eigenvalue weighted by molar-refractivity contribution is 5.97. The molecule has 0 saturated heterocycles. The Labute approximate surface area is 351 Å². The molecule has 1 aliphatic heterocycles. The van der Waals surface area contributed by atoms with Crippen LogP contribution in [0.2, 0.25) is 0 Å². The highest BCUT2D eigenvalue weighted by Gasteiger charge is 2.51. The first-order valence-electron chi connectivity index (χ1n) is 20.9. The minimum atomic E-state index is -0.553. The van der Waals surface area contributed by atoms with E-state index in [2.05, 4.69) is 231 Å². The molecule has 0 atom stereocenters. The predicted molar refractivity (Wildman–Crippen MR) is 247 cm³/mol. The molecule has 3 aliphatic rings. The van der Waals surface area contributed by atoms with E-state index in [9.17, 15) is 0 Å². The number of fused-ring (bicyclic) bond motifs is 12. The van der Waals surface area contributed by atoms with E-state index in [-0.39, 0.29) is 5.41 Å². The summed E-state index contributed by atoms with van der Waals surface area (Å²) in [6, 6.07) is 77.9. The van der Waals surface area contributed by atoms with Crippen LogP contribution in [0.5, 0.6) is 11.5 Å². The van der Waals surface area contributed by atoms with Crippen molar-refractivity contribution < 1.29 is 4.74 Å². The molecule has 0 radical (unpaired) electrons. The number of rotatable bonds is 5. The summed E-state index contributed by atoms with van der Waals surface area (Å²) in [7, 11) is 0. The Morgan fingerprint density at radius 2 is 0.800 bits per heavy atom. The Morgan fingerprint density at radius 3 is 1.47 bits per heavy atom. The second-order valence-corrected chi connectivity index (χ2v) is 16.8. The molecule has 9 aromatic carbocycles. The monoisotopic (exact) mass is 767 g/mol. The van der Waals surface area contributed by atoms with Crippen LogP contribution in [0.25, 0.3) is 44.5 Å². The van der Waals surface area contributed by atoms with E-state index in [1.807, 2.05) is 0 Å². The van der Waals surface area contributed by atoms with E-state index >= 15 is 0 Å². The molecule has 1 heterocycles. The summed E-state index contributed by atoms with van der Waals surface area (Å²) in [6.45, 7) is 4.73. The number of benzene rings is 9. The highest BCUT2D eigenvalue weighted by atomic mass is 16.5. The van der Waals surface area contributed by atoms with Crippen molar-refractivity contribution in [2.75, 3.05) is 4.90 Å². The maximum Gasteiger partial charge on any atom is 0.132 e. The molecule has 0 bridgehead atoms. The Morgan fingerprint density at radius 1 is 0.333 bits per heavy atom. The maximum atomic E-state index is 6.67. The summed E-state index contributed by atoms with van der Waals surface area (Å²) in [5, 5.41) is 0. The van der Waals surface area contributed by atoms with Crippen LogP contribution in [0.3, 0.4) is 0 Å². The first-order chi connectivity index (χ1) is 29.5. The van der Waals surface area contributed by atoms with E-state index in [1.54, 1.807) is 0 Å². The maximum absolute atomic E-state index is 6.67. The molecule has 2 nitrogen and oxygen atoms in total. The minimum Gasteiger partial charge on any atom is -0.457 e. The topological polar surface area (TPSA) is 12.5 Å². The highest BCUT2D eigenvalue weighted by Crippen LogP contribution is 2.62. The van der Waals surface area contributed by atoms with Crippen LogP contribution >= 0.6 is 0 Å². The summed E-state index contributed by atoms with van der Waals surface area (Å²) in [4.78, 5) is 2.49. The smallest absolute Gasteiger partial charge is 0.132 e. The molecule has 0 saturated carbocycles. The van der Waals surface area contributed by atoms with Gasteiger partial charge in [-0.15, -0.1) is 0 Å². The van der Waals surface area contributed by atoms with Crippen molar-refractivity contribution in [3.8, 4) is 56.0 Å². The van der Waals surface area contributed by atoms with Crippen molar-refractivity contribution in [1.82, 2.24) is 0 Å². The zero-order chi connectivity index (χ0) is 40.0. The summed E-state index contributed by atoms with van der Waals surface area (Å²) in [5.74, 6) is 1.80. The fraction of sp³-hybridized carbons (Fsp3) is 0.0690. The van der Waals surface area contributed by atoms with Crippen LogP contribution in [0.1, 0.15) is 47.2 Å². The summed E-state index contributed by atoms with van der Waals surface area (Å²) in [5.41, 5.74) is 20.1. The zero-order valence-corrected chi connectivity index (χ0v) is 33.6. The third kappa shape index (κ3) is 4.82. The fourth-order valence-electron chi connectivity index (χ4n) is 10.7. The van der Waals surface area contributed by atoms with Crippen LogP contribution in [0.4, 0.5) is 17.1 Å². The summed E-state index contributed by atoms with van der Waals surface area (Å²) < 4.78 is 6.67. The molecule has 9 aromatic rings. The molecular weight excluding hydrogens is 727 g/mol. The van der Waals surface area contributed by atoms with Gasteiger partial charge in [0.05, 0.1) is 16.8 Å². The fourth-order valence-corrected chi connectivity index (χ4v) is 10.7. The van der Waals surface area contributed by atoms with E-state index < -0.39 is 5.41 Å². The zero-order valence-electron chi connectivity index (χ0n) is 33.6. The number of anilines is 3. The number of para-hydroxylation sites is 4. The molecule has 2 heteroatoms. The van der Waals surface area contributed by atoms with Crippen molar-refractivity contribution in [2.24, 2.45) is 0 Å². The van der Waals surface area contributed by atoms with E-state index in [0.717, 1.165) is 39.7 Å². The number of ether oxygens (including phenoxy) is 1. The second kappa shape index (κ2) is 13.0. The van der Waals surface area contributed by atoms with Crippen LogP contribution in [-0.4, -0.2) is 0 Å². The number of hydrogen-bond acceptors (Lipinski definition) is 2. The lowest BCUT2D eigenvalue weighted by atomic mass is 9.66. The minimum absolute atomic E-state index is 0.147. The van der Waals surface area contributed by atoms with Crippen molar-refractivity contribution in [3.63, 3.8) is 0 Å². The number of hydrogen-bond donors (Lipinski definition) is 0. The molecule has 284 valence electrons. The van der Waals surface area contributed by atoms with E-state index in [4.69, 9.17) is 4.74 Å². The lowest BCUT2D eigenvalue weighted by molar-refractivity contribution is 0.436. The molecule has 1 spiro atoms. The van der Waals surface area contributed by atoms with Crippen molar-refractivity contribution in [3.05, 3.63) is 246 Å². The van der Waals surface area contributed by atoms with Crippen molar-refractivity contribution in [1.29, 1.82) is 0 Å². The van der Waals surface area contributed by atoms with Crippen LogP contribution < -0.4 is 9.64 Å². The van der Waals surface area contributed by atoms with E-state index in [1.165, 1.54) is 66.8 Å². The van der Waals surface area contributed by atoms with Crippen LogP contribution in [-0.2, 0) is 10.8 Å². The first-order valence-corrected chi connectivity index (χ1v) is 20.9. The van der Waals surface area contributed by atoms with Gasteiger partial charge < -0.3 is 9.64 Å². The molecule has 0 aromatic heterocycles. The third-order valence-corrected chi connectivity index (χ3v) is 13.4. The van der Waals surface area contributed by atoms with Crippen molar-refractivity contribution in [2.45, 2.75) is 24.7 Å². The predicted octanol–water partition coefficient (Wildman–Crippen LogP) is 15.3. The molecule has 12 rings (SSSR count). The number of nitrogens with zero attached hydrogens (tertiary/aromatic N) is 1. The SMILES string of the molecule is CC1(C)c2ccccc2-c2ccc(N(c3ccccc3-c3ccccc3)c3ccccc3-c3ccc4c(c3)C3(c5ccccc5Oc5ccccc53)c3ccccc3-4)cc21. The van der Waals surface area contributed by atoms with Crippen molar-refractivity contribution >= 4 is 17.1 Å². The standard InChI is InChI=1S/C58H41NO/c1-57(2)47-24-10-6-22-43(47)45-35-33-40(37-51(45)57)59(53-28-14-8-20-41(53)38-18-4-3-5-19-38)54-29-15-9-21-42(54)39-32-34-46-44-23-7-11-25-48(44)58(52(46)36-39)49-26-12-16-30-55(49)60-56-31-17-13-27-50(56)58/h3-37H,1-2H3. The Kier molecular flexibility index (Phi) is 7.52. The molecule has 0 amide bonds. The Balaban J connectivity index is 1.11. The lowest BCUT2D eigenvalue weighted by Gasteiger charge is -2.39. The van der Waals surface area contributed by atoms with Gasteiger partial charge in [-0.3, -0.25) is 0 Å². The van der Waals surface area contributed by atoms with Gasteiger partial charge in [-0.25, -0.2) is 0 Å². The summed E-state index contributed by atoms with van der Waals surface area (Å²) >= 11 is 0. The Hall–Kier alpha value is -7.42. The van der Waals surface area contributed by atoms with Gasteiger partial charge in [-0.2, -0.15) is 0 Å². The molecule has 60 heavy (non-hydrogen) atoms.